The molecule has 1 aliphatic rings. The third-order valence-corrected chi connectivity index (χ3v) is 5.62. The van der Waals surface area contributed by atoms with Crippen LogP contribution in [0.25, 0.3) is 0 Å². The summed E-state index contributed by atoms with van der Waals surface area (Å²) in [4.78, 5) is 24.3. The van der Waals surface area contributed by atoms with E-state index < -0.39 is 0 Å². The number of amides is 1. The monoisotopic (exact) mass is 361 g/mol. The lowest BCUT2D eigenvalue weighted by Gasteiger charge is -2.31. The van der Waals surface area contributed by atoms with Crippen molar-refractivity contribution in [3.8, 4) is 0 Å². The fourth-order valence-corrected chi connectivity index (χ4v) is 3.85. The van der Waals surface area contributed by atoms with Gasteiger partial charge in [-0.2, -0.15) is 0 Å². The van der Waals surface area contributed by atoms with Crippen LogP contribution in [0.15, 0.2) is 24.9 Å². The highest BCUT2D eigenvalue weighted by Crippen LogP contribution is 2.23. The summed E-state index contributed by atoms with van der Waals surface area (Å²) < 4.78 is 2.00. The van der Waals surface area contributed by atoms with Gasteiger partial charge < -0.3 is 9.88 Å². The number of thiazole rings is 1. The molecule has 2 aromatic heterocycles. The van der Waals surface area contributed by atoms with E-state index in [-0.39, 0.29) is 17.4 Å². The molecule has 136 valence electrons. The van der Waals surface area contributed by atoms with Crippen molar-refractivity contribution < 1.29 is 4.79 Å². The molecule has 25 heavy (non-hydrogen) atoms. The number of nitrogens with one attached hydrogen (secondary N) is 1. The molecule has 7 heteroatoms. The summed E-state index contributed by atoms with van der Waals surface area (Å²) in [7, 11) is 0. The van der Waals surface area contributed by atoms with Crippen molar-refractivity contribution in [1.82, 2.24) is 24.8 Å². The number of rotatable bonds is 6. The van der Waals surface area contributed by atoms with E-state index in [0.717, 1.165) is 24.6 Å². The standard InChI is InChI=1S/C18H27N5OS/c1-18(2,3)15(11-23-9-6-19-13-23)21-17(24)14-10-20-16(25-14)12-22-7-4-5-8-22/h6,9-10,13,15H,4-5,7-8,11-12H2,1-3H3,(H,21,24)/t15-/m1/s1. The lowest BCUT2D eigenvalue weighted by Crippen LogP contribution is -2.46. The maximum atomic E-state index is 12.7. The molecule has 2 aromatic rings. The van der Waals surface area contributed by atoms with Crippen LogP contribution in [0, 0.1) is 5.41 Å². The summed E-state index contributed by atoms with van der Waals surface area (Å²) in [5.74, 6) is -0.0368. The van der Waals surface area contributed by atoms with Gasteiger partial charge in [0.25, 0.3) is 5.91 Å². The van der Waals surface area contributed by atoms with Gasteiger partial charge >= 0.3 is 0 Å². The van der Waals surface area contributed by atoms with Crippen molar-refractivity contribution in [2.75, 3.05) is 13.1 Å². The predicted molar refractivity (Wildman–Crippen MR) is 99.6 cm³/mol. The minimum atomic E-state index is -0.0526. The second kappa shape index (κ2) is 7.66. The van der Waals surface area contributed by atoms with Crippen molar-refractivity contribution in [3.05, 3.63) is 34.8 Å². The van der Waals surface area contributed by atoms with Crippen molar-refractivity contribution in [2.45, 2.75) is 52.7 Å². The lowest BCUT2D eigenvalue weighted by molar-refractivity contribution is 0.0896. The quantitative estimate of drug-likeness (QED) is 0.859. The van der Waals surface area contributed by atoms with Crippen molar-refractivity contribution in [2.24, 2.45) is 5.41 Å². The second-order valence-electron chi connectivity index (χ2n) is 7.75. The molecule has 1 N–H and O–H groups in total. The molecule has 0 spiro atoms. The minimum Gasteiger partial charge on any atom is -0.346 e. The first-order valence-electron chi connectivity index (χ1n) is 8.85. The number of carbonyl (C=O) groups is 1. The largest absolute Gasteiger partial charge is 0.346 e. The van der Waals surface area contributed by atoms with Crippen molar-refractivity contribution in [1.29, 1.82) is 0 Å². The molecule has 1 amide bonds. The van der Waals surface area contributed by atoms with Gasteiger partial charge in [-0.25, -0.2) is 9.97 Å². The Hall–Kier alpha value is -1.73. The van der Waals surface area contributed by atoms with Crippen LogP contribution < -0.4 is 5.32 Å². The predicted octanol–water partition coefficient (Wildman–Crippen LogP) is 2.78. The van der Waals surface area contributed by atoms with Crippen LogP contribution in [-0.4, -0.2) is 44.5 Å². The Labute approximate surface area is 153 Å². The molecule has 0 aromatic carbocycles. The molecule has 6 nitrogen and oxygen atoms in total. The van der Waals surface area contributed by atoms with E-state index in [1.54, 1.807) is 18.7 Å². The highest BCUT2D eigenvalue weighted by atomic mass is 32.1. The zero-order valence-electron chi connectivity index (χ0n) is 15.2. The van der Waals surface area contributed by atoms with Crippen LogP contribution in [0.4, 0.5) is 0 Å². The molecule has 3 heterocycles. The number of hydrogen-bond acceptors (Lipinski definition) is 5. The van der Waals surface area contributed by atoms with Crippen LogP contribution in [-0.2, 0) is 13.1 Å². The molecular weight excluding hydrogens is 334 g/mol. The first kappa shape index (κ1) is 18.1. The van der Waals surface area contributed by atoms with Crippen LogP contribution in [0.1, 0.15) is 48.3 Å². The van der Waals surface area contributed by atoms with E-state index in [2.05, 4.69) is 41.0 Å². The third-order valence-electron chi connectivity index (χ3n) is 4.64. The first-order valence-corrected chi connectivity index (χ1v) is 9.67. The maximum Gasteiger partial charge on any atom is 0.263 e. The Bertz CT molecular complexity index is 683. The van der Waals surface area contributed by atoms with Crippen LogP contribution in [0.3, 0.4) is 0 Å². The number of likely N-dealkylation sites (tertiary alicyclic amines) is 1. The van der Waals surface area contributed by atoms with Crippen LogP contribution >= 0.6 is 11.3 Å². The number of carbonyl (C=O) groups excluding carboxylic acids is 1. The molecule has 0 aliphatic carbocycles. The van der Waals surface area contributed by atoms with Gasteiger partial charge in [-0.05, 0) is 31.3 Å². The van der Waals surface area contributed by atoms with Gasteiger partial charge in [-0.1, -0.05) is 20.8 Å². The summed E-state index contributed by atoms with van der Waals surface area (Å²) in [6, 6.07) is 0.0123. The summed E-state index contributed by atoms with van der Waals surface area (Å²) in [5.41, 5.74) is -0.0526. The van der Waals surface area contributed by atoms with Crippen molar-refractivity contribution in [3.63, 3.8) is 0 Å². The molecule has 0 radical (unpaired) electrons. The van der Waals surface area contributed by atoms with Crippen LogP contribution in [0.2, 0.25) is 0 Å². The van der Waals surface area contributed by atoms with Gasteiger partial charge in [0.2, 0.25) is 0 Å². The second-order valence-corrected chi connectivity index (χ2v) is 8.87. The number of nitrogens with zero attached hydrogens (tertiary/aromatic N) is 4. The molecule has 1 fully saturated rings. The normalized spacial score (nSPS) is 16.9. The Morgan fingerprint density at radius 2 is 2.12 bits per heavy atom. The molecule has 1 aliphatic heterocycles. The highest BCUT2D eigenvalue weighted by Gasteiger charge is 2.27. The Balaban J connectivity index is 1.63. The molecule has 0 unspecified atom stereocenters. The van der Waals surface area contributed by atoms with E-state index in [1.165, 1.54) is 24.2 Å². The van der Waals surface area contributed by atoms with Gasteiger partial charge in [0, 0.05) is 18.9 Å². The summed E-state index contributed by atoms with van der Waals surface area (Å²) in [6.07, 6.45) is 9.70. The highest BCUT2D eigenvalue weighted by molar-refractivity contribution is 7.13. The van der Waals surface area contributed by atoms with Gasteiger partial charge in [0.1, 0.15) is 9.88 Å². The van der Waals surface area contributed by atoms with Crippen LogP contribution in [0.5, 0.6) is 0 Å². The molecule has 0 saturated carbocycles. The SMILES string of the molecule is CC(C)(C)[C@@H](Cn1ccnc1)NC(=O)c1cnc(CN2CCCC2)s1. The smallest absolute Gasteiger partial charge is 0.263 e. The Kier molecular flexibility index (Phi) is 5.54. The first-order chi connectivity index (χ1) is 11.9. The molecule has 3 rings (SSSR count). The third kappa shape index (κ3) is 4.89. The number of hydrogen-bond donors (Lipinski definition) is 1. The molecular formula is C18H27N5OS. The topological polar surface area (TPSA) is 63.1 Å². The number of imidazole rings is 1. The molecule has 1 atom stereocenters. The summed E-state index contributed by atoms with van der Waals surface area (Å²) in [5, 5.41) is 4.21. The number of aromatic nitrogens is 3. The van der Waals surface area contributed by atoms with E-state index in [0.29, 0.717) is 11.4 Å². The summed E-state index contributed by atoms with van der Waals surface area (Å²) >= 11 is 1.50. The lowest BCUT2D eigenvalue weighted by atomic mass is 9.86. The zero-order valence-corrected chi connectivity index (χ0v) is 16.1. The fourth-order valence-electron chi connectivity index (χ4n) is 2.99. The van der Waals surface area contributed by atoms with E-state index in [9.17, 15) is 4.79 Å². The maximum absolute atomic E-state index is 12.7. The van der Waals surface area contributed by atoms with Gasteiger partial charge in [-0.15, -0.1) is 11.3 Å². The van der Waals surface area contributed by atoms with Gasteiger partial charge in [0.05, 0.1) is 25.1 Å². The minimum absolute atomic E-state index is 0.0123. The van der Waals surface area contributed by atoms with Gasteiger partial charge in [-0.3, -0.25) is 9.69 Å². The molecule has 1 saturated heterocycles. The average molecular weight is 362 g/mol. The van der Waals surface area contributed by atoms with Gasteiger partial charge in [0.15, 0.2) is 0 Å². The van der Waals surface area contributed by atoms with E-state index in [4.69, 9.17) is 0 Å². The summed E-state index contributed by atoms with van der Waals surface area (Å²) in [6.45, 7) is 10.3. The fraction of sp³-hybridized carbons (Fsp3) is 0.611. The zero-order chi connectivity index (χ0) is 17.9. The Morgan fingerprint density at radius 1 is 1.36 bits per heavy atom. The molecule has 0 bridgehead atoms. The van der Waals surface area contributed by atoms with Crippen molar-refractivity contribution >= 4 is 17.2 Å². The van der Waals surface area contributed by atoms with E-state index >= 15 is 0 Å². The Morgan fingerprint density at radius 3 is 2.76 bits per heavy atom. The van der Waals surface area contributed by atoms with E-state index in [1.807, 2.05) is 10.8 Å². The average Bonchev–Trinajstić information content (AvgIpc) is 3.28.